The molecule has 8 nitrogen and oxygen atoms in total. The van der Waals surface area contributed by atoms with Crippen LogP contribution in [-0.2, 0) is 0 Å². The highest BCUT2D eigenvalue weighted by Gasteiger charge is 2.29. The van der Waals surface area contributed by atoms with Gasteiger partial charge in [-0.25, -0.2) is 14.4 Å². The first-order valence-corrected chi connectivity index (χ1v) is 10.8. The second kappa shape index (κ2) is 7.50. The molecule has 0 amide bonds. The van der Waals surface area contributed by atoms with Gasteiger partial charge in [-0.05, 0) is 44.0 Å². The van der Waals surface area contributed by atoms with Crippen molar-refractivity contribution in [1.82, 2.24) is 29.7 Å². The summed E-state index contributed by atoms with van der Waals surface area (Å²) in [4.78, 5) is 16.3. The van der Waals surface area contributed by atoms with Crippen molar-refractivity contribution in [3.8, 4) is 22.8 Å². The van der Waals surface area contributed by atoms with E-state index in [0.717, 1.165) is 5.56 Å². The lowest BCUT2D eigenvalue weighted by molar-refractivity contribution is 0.0434. The standard InChI is InChI=1S/C23H18ClFN6O2/c1-11-28-16-3-5-19(21(25)23(16)29-11)33-18-4-2-15-22(20(18)24)30-17(9-26-15)12-8-27-31(10-12)13-6-14(32)7-13/h2-5,8-10,13-14,32H,6-7H2,1H3,(H,28,29). The second-order valence-electron chi connectivity index (χ2n) is 8.18. The third-order valence-corrected chi connectivity index (χ3v) is 6.24. The third kappa shape index (κ3) is 3.40. The molecule has 0 saturated heterocycles. The Morgan fingerprint density at radius 3 is 2.73 bits per heavy atom. The van der Waals surface area contributed by atoms with E-state index in [2.05, 4.69) is 25.0 Å². The molecule has 2 aromatic carbocycles. The number of rotatable bonds is 4. The number of H-pyrrole nitrogens is 1. The van der Waals surface area contributed by atoms with Crippen LogP contribution in [0.25, 0.3) is 33.3 Å². The Kier molecular flexibility index (Phi) is 4.56. The smallest absolute Gasteiger partial charge is 0.191 e. The summed E-state index contributed by atoms with van der Waals surface area (Å²) in [7, 11) is 0. The summed E-state index contributed by atoms with van der Waals surface area (Å²) in [5.41, 5.74) is 3.23. The Morgan fingerprint density at radius 1 is 1.12 bits per heavy atom. The van der Waals surface area contributed by atoms with E-state index in [9.17, 15) is 9.50 Å². The van der Waals surface area contributed by atoms with Gasteiger partial charge in [0.15, 0.2) is 11.6 Å². The minimum atomic E-state index is -0.544. The molecule has 6 rings (SSSR count). The summed E-state index contributed by atoms with van der Waals surface area (Å²) in [5, 5.41) is 14.2. The Balaban J connectivity index is 1.35. The summed E-state index contributed by atoms with van der Waals surface area (Å²) >= 11 is 6.61. The fraction of sp³-hybridized carbons (Fsp3) is 0.217. The summed E-state index contributed by atoms with van der Waals surface area (Å²) < 4.78 is 22.6. The van der Waals surface area contributed by atoms with Crippen LogP contribution < -0.4 is 4.74 Å². The van der Waals surface area contributed by atoms with Gasteiger partial charge < -0.3 is 14.8 Å². The van der Waals surface area contributed by atoms with Gasteiger partial charge in [0.2, 0.25) is 0 Å². The predicted molar refractivity (Wildman–Crippen MR) is 121 cm³/mol. The van der Waals surface area contributed by atoms with Gasteiger partial charge in [-0.2, -0.15) is 5.10 Å². The minimum absolute atomic E-state index is 0.0282. The number of halogens is 2. The molecule has 0 aliphatic heterocycles. The first kappa shape index (κ1) is 20.1. The fourth-order valence-electron chi connectivity index (χ4n) is 4.04. The quantitative estimate of drug-likeness (QED) is 0.390. The van der Waals surface area contributed by atoms with Crippen molar-refractivity contribution in [2.45, 2.75) is 31.9 Å². The molecule has 0 atom stereocenters. The van der Waals surface area contributed by atoms with Crippen LogP contribution in [0.2, 0.25) is 5.02 Å². The van der Waals surface area contributed by atoms with E-state index in [0.29, 0.717) is 40.9 Å². The zero-order valence-corrected chi connectivity index (χ0v) is 18.2. The zero-order chi connectivity index (χ0) is 22.7. The van der Waals surface area contributed by atoms with Crippen LogP contribution in [0.3, 0.4) is 0 Å². The molecule has 5 aromatic rings. The number of aliphatic hydroxyl groups excluding tert-OH is 1. The van der Waals surface area contributed by atoms with Crippen LogP contribution >= 0.6 is 11.6 Å². The Morgan fingerprint density at radius 2 is 1.91 bits per heavy atom. The highest BCUT2D eigenvalue weighted by molar-refractivity contribution is 6.36. The first-order chi connectivity index (χ1) is 16.0. The monoisotopic (exact) mass is 464 g/mol. The molecule has 33 heavy (non-hydrogen) atoms. The van der Waals surface area contributed by atoms with E-state index in [4.69, 9.17) is 16.3 Å². The number of nitrogens with zero attached hydrogens (tertiary/aromatic N) is 5. The second-order valence-corrected chi connectivity index (χ2v) is 8.56. The minimum Gasteiger partial charge on any atom is -0.453 e. The van der Waals surface area contributed by atoms with Crippen LogP contribution in [0.15, 0.2) is 42.9 Å². The van der Waals surface area contributed by atoms with Crippen molar-refractivity contribution in [3.05, 3.63) is 59.5 Å². The number of aromatic nitrogens is 6. The van der Waals surface area contributed by atoms with Crippen molar-refractivity contribution < 1.29 is 14.2 Å². The fourth-order valence-corrected chi connectivity index (χ4v) is 4.28. The van der Waals surface area contributed by atoms with Gasteiger partial charge in [0, 0.05) is 11.8 Å². The zero-order valence-electron chi connectivity index (χ0n) is 17.5. The summed E-state index contributed by atoms with van der Waals surface area (Å²) in [6.07, 6.45) is 6.38. The van der Waals surface area contributed by atoms with E-state index in [1.807, 2.05) is 10.9 Å². The van der Waals surface area contributed by atoms with Crippen LogP contribution in [0.5, 0.6) is 11.5 Å². The summed E-state index contributed by atoms with van der Waals surface area (Å²) in [6.45, 7) is 1.76. The predicted octanol–water partition coefficient (Wildman–Crippen LogP) is 4.96. The number of hydrogen-bond acceptors (Lipinski definition) is 6. The summed E-state index contributed by atoms with van der Waals surface area (Å²) in [6, 6.07) is 6.76. The molecule has 3 heterocycles. The first-order valence-electron chi connectivity index (χ1n) is 10.5. The number of nitrogens with one attached hydrogen (secondary N) is 1. The number of aliphatic hydroxyl groups is 1. The van der Waals surface area contributed by atoms with E-state index < -0.39 is 5.82 Å². The van der Waals surface area contributed by atoms with E-state index >= 15 is 0 Å². The van der Waals surface area contributed by atoms with Crippen LogP contribution in [0, 0.1) is 12.7 Å². The molecule has 1 fully saturated rings. The van der Waals surface area contributed by atoms with Gasteiger partial charge >= 0.3 is 0 Å². The average Bonchev–Trinajstić information content (AvgIpc) is 3.42. The van der Waals surface area contributed by atoms with Crippen molar-refractivity contribution in [3.63, 3.8) is 0 Å². The van der Waals surface area contributed by atoms with Crippen molar-refractivity contribution >= 4 is 33.7 Å². The number of aromatic amines is 1. The Hall–Kier alpha value is -3.56. The van der Waals surface area contributed by atoms with E-state index in [1.165, 1.54) is 6.07 Å². The number of hydrogen-bond donors (Lipinski definition) is 2. The SMILES string of the molecule is Cc1nc2ccc(Oc3ccc4ncc(-c5cnn(C6CC(O)C6)c5)nc4c3Cl)c(F)c2[nH]1. The van der Waals surface area contributed by atoms with Gasteiger partial charge in [0.25, 0.3) is 0 Å². The highest BCUT2D eigenvalue weighted by Crippen LogP contribution is 2.37. The lowest BCUT2D eigenvalue weighted by Gasteiger charge is -2.31. The molecule has 166 valence electrons. The molecule has 0 bridgehead atoms. The molecule has 0 spiro atoms. The van der Waals surface area contributed by atoms with Crippen molar-refractivity contribution in [1.29, 1.82) is 0 Å². The molecular weight excluding hydrogens is 447 g/mol. The van der Waals surface area contributed by atoms with Gasteiger partial charge in [0.1, 0.15) is 27.6 Å². The number of ether oxygens (including phenoxy) is 1. The topological polar surface area (TPSA) is 102 Å². The molecule has 1 aliphatic carbocycles. The number of aryl methyl sites for hydroxylation is 1. The largest absolute Gasteiger partial charge is 0.453 e. The maximum Gasteiger partial charge on any atom is 0.191 e. The molecule has 3 aromatic heterocycles. The van der Waals surface area contributed by atoms with Gasteiger partial charge in [-0.1, -0.05) is 11.6 Å². The van der Waals surface area contributed by atoms with Crippen molar-refractivity contribution in [2.24, 2.45) is 0 Å². The Labute approximate surface area is 192 Å². The molecule has 1 saturated carbocycles. The van der Waals surface area contributed by atoms with E-state index in [-0.39, 0.29) is 34.2 Å². The Bertz CT molecular complexity index is 1520. The third-order valence-electron chi connectivity index (χ3n) is 5.88. The molecular formula is C23H18ClFN6O2. The van der Waals surface area contributed by atoms with Crippen LogP contribution in [-0.4, -0.2) is 40.9 Å². The maximum atomic E-state index is 14.9. The lowest BCUT2D eigenvalue weighted by atomic mass is 9.90. The van der Waals surface area contributed by atoms with E-state index in [1.54, 1.807) is 37.5 Å². The maximum absolute atomic E-state index is 14.9. The van der Waals surface area contributed by atoms with Gasteiger partial charge in [0.05, 0.1) is 41.3 Å². The van der Waals surface area contributed by atoms with Crippen molar-refractivity contribution in [2.75, 3.05) is 0 Å². The average molecular weight is 465 g/mol. The van der Waals surface area contributed by atoms with Gasteiger partial charge in [-0.3, -0.25) is 9.67 Å². The molecule has 0 radical (unpaired) electrons. The van der Waals surface area contributed by atoms with Crippen LogP contribution in [0.1, 0.15) is 24.7 Å². The molecule has 2 N–H and O–H groups in total. The lowest BCUT2D eigenvalue weighted by Crippen LogP contribution is -2.30. The number of benzene rings is 2. The number of imidazole rings is 1. The normalized spacial score (nSPS) is 18.1. The molecule has 10 heteroatoms. The molecule has 0 unspecified atom stereocenters. The molecule has 1 aliphatic rings. The highest BCUT2D eigenvalue weighted by atomic mass is 35.5. The summed E-state index contributed by atoms with van der Waals surface area (Å²) in [5.74, 6) is 0.367. The van der Waals surface area contributed by atoms with Gasteiger partial charge in [-0.15, -0.1) is 0 Å². The number of fused-ring (bicyclic) bond motifs is 2. The van der Waals surface area contributed by atoms with Crippen LogP contribution in [0.4, 0.5) is 4.39 Å².